The SMILES string of the molecule is Cc1cc(F)ccc1CC1(O)C[C@H]2CN(CC(=O)c3ccc(O)cn3)C[C@H]2C1. The van der Waals surface area contributed by atoms with Crippen LogP contribution >= 0.6 is 0 Å². The van der Waals surface area contributed by atoms with E-state index >= 15 is 0 Å². The molecule has 2 heterocycles. The van der Waals surface area contributed by atoms with Gasteiger partial charge in [-0.3, -0.25) is 9.69 Å². The number of carbonyl (C=O) groups excluding carboxylic acids is 1. The van der Waals surface area contributed by atoms with Crippen LogP contribution in [0.25, 0.3) is 0 Å². The van der Waals surface area contributed by atoms with Gasteiger partial charge in [0.05, 0.1) is 18.3 Å². The topological polar surface area (TPSA) is 73.7 Å². The van der Waals surface area contributed by atoms with E-state index in [1.165, 1.54) is 24.4 Å². The van der Waals surface area contributed by atoms with Gasteiger partial charge in [-0.05, 0) is 67.0 Å². The number of aryl methyl sites for hydroxylation is 1. The molecule has 148 valence electrons. The van der Waals surface area contributed by atoms with Crippen LogP contribution in [0.3, 0.4) is 0 Å². The summed E-state index contributed by atoms with van der Waals surface area (Å²) in [6.07, 6.45) is 3.24. The molecule has 3 atom stereocenters. The number of fused-ring (bicyclic) bond motifs is 1. The zero-order valence-electron chi connectivity index (χ0n) is 15.9. The number of benzene rings is 1. The molecule has 0 bridgehead atoms. The zero-order valence-corrected chi connectivity index (χ0v) is 15.9. The van der Waals surface area contributed by atoms with Crippen LogP contribution in [0.5, 0.6) is 5.75 Å². The first kappa shape index (κ1) is 19.0. The average Bonchev–Trinajstić information content (AvgIpc) is 3.12. The van der Waals surface area contributed by atoms with Gasteiger partial charge in [0.2, 0.25) is 0 Å². The van der Waals surface area contributed by atoms with E-state index in [1.807, 2.05) is 6.92 Å². The number of hydrogen-bond acceptors (Lipinski definition) is 5. The van der Waals surface area contributed by atoms with Gasteiger partial charge in [0, 0.05) is 19.5 Å². The lowest BCUT2D eigenvalue weighted by molar-refractivity contribution is 0.0354. The van der Waals surface area contributed by atoms with E-state index in [2.05, 4.69) is 9.88 Å². The molecule has 0 radical (unpaired) electrons. The second-order valence-electron chi connectivity index (χ2n) is 8.42. The first-order valence-corrected chi connectivity index (χ1v) is 9.69. The van der Waals surface area contributed by atoms with Crippen LogP contribution in [0.15, 0.2) is 36.5 Å². The number of hydrogen-bond donors (Lipinski definition) is 2. The molecule has 2 aliphatic rings. The fourth-order valence-corrected chi connectivity index (χ4v) is 4.88. The summed E-state index contributed by atoms with van der Waals surface area (Å²) in [6, 6.07) is 7.74. The predicted octanol–water partition coefficient (Wildman–Crippen LogP) is 2.73. The predicted molar refractivity (Wildman–Crippen MR) is 103 cm³/mol. The molecule has 1 saturated heterocycles. The van der Waals surface area contributed by atoms with Gasteiger partial charge in [0.1, 0.15) is 17.3 Å². The van der Waals surface area contributed by atoms with Crippen molar-refractivity contribution in [1.29, 1.82) is 0 Å². The highest BCUT2D eigenvalue weighted by molar-refractivity contribution is 5.95. The van der Waals surface area contributed by atoms with E-state index in [4.69, 9.17) is 0 Å². The maximum absolute atomic E-state index is 13.3. The number of aromatic hydroxyl groups is 1. The number of carbonyl (C=O) groups is 1. The molecule has 2 fully saturated rings. The molecule has 4 rings (SSSR count). The Kier molecular flexibility index (Phi) is 4.93. The van der Waals surface area contributed by atoms with Crippen LogP contribution in [0, 0.1) is 24.6 Å². The summed E-state index contributed by atoms with van der Waals surface area (Å²) in [4.78, 5) is 18.5. The molecule has 1 aliphatic heterocycles. The van der Waals surface area contributed by atoms with Crippen LogP contribution < -0.4 is 0 Å². The average molecular weight is 384 g/mol. The van der Waals surface area contributed by atoms with Crippen LogP contribution in [0.4, 0.5) is 4.39 Å². The number of likely N-dealkylation sites (tertiary alicyclic amines) is 1. The Morgan fingerprint density at radius 2 is 1.96 bits per heavy atom. The Bertz CT molecular complexity index is 870. The van der Waals surface area contributed by atoms with Crippen LogP contribution in [0.2, 0.25) is 0 Å². The maximum Gasteiger partial charge on any atom is 0.195 e. The summed E-state index contributed by atoms with van der Waals surface area (Å²) in [6.45, 7) is 3.76. The molecule has 1 aliphatic carbocycles. The van der Waals surface area contributed by atoms with Crippen molar-refractivity contribution in [3.63, 3.8) is 0 Å². The first-order chi connectivity index (χ1) is 13.3. The number of aromatic nitrogens is 1. The first-order valence-electron chi connectivity index (χ1n) is 9.69. The van der Waals surface area contributed by atoms with E-state index in [0.29, 0.717) is 43.3 Å². The highest BCUT2D eigenvalue weighted by atomic mass is 19.1. The molecule has 6 heteroatoms. The van der Waals surface area contributed by atoms with Crippen LogP contribution in [-0.2, 0) is 6.42 Å². The van der Waals surface area contributed by atoms with Gasteiger partial charge >= 0.3 is 0 Å². The number of halogens is 1. The third kappa shape index (κ3) is 3.93. The van der Waals surface area contributed by atoms with Gasteiger partial charge in [-0.1, -0.05) is 6.07 Å². The van der Waals surface area contributed by atoms with Gasteiger partial charge in [-0.15, -0.1) is 0 Å². The minimum Gasteiger partial charge on any atom is -0.506 e. The largest absolute Gasteiger partial charge is 0.506 e. The van der Waals surface area contributed by atoms with Crippen molar-refractivity contribution in [3.8, 4) is 5.75 Å². The molecule has 28 heavy (non-hydrogen) atoms. The second-order valence-corrected chi connectivity index (χ2v) is 8.42. The molecule has 2 aromatic rings. The Labute approximate surface area is 163 Å². The van der Waals surface area contributed by atoms with Gasteiger partial charge in [-0.2, -0.15) is 0 Å². The second kappa shape index (κ2) is 7.26. The lowest BCUT2D eigenvalue weighted by atomic mass is 9.89. The third-order valence-electron chi connectivity index (χ3n) is 6.16. The van der Waals surface area contributed by atoms with Gasteiger partial charge < -0.3 is 10.2 Å². The van der Waals surface area contributed by atoms with Crippen molar-refractivity contribution in [2.75, 3.05) is 19.6 Å². The Morgan fingerprint density at radius 1 is 1.25 bits per heavy atom. The number of Topliss-reactive ketones (excluding diaryl/α,β-unsaturated/α-hetero) is 1. The fraction of sp³-hybridized carbons (Fsp3) is 0.455. The van der Waals surface area contributed by atoms with Gasteiger partial charge in [-0.25, -0.2) is 9.37 Å². The molecule has 1 aromatic heterocycles. The number of ketones is 1. The van der Waals surface area contributed by atoms with Crippen molar-refractivity contribution in [3.05, 3.63) is 59.2 Å². The van der Waals surface area contributed by atoms with E-state index in [-0.39, 0.29) is 17.3 Å². The van der Waals surface area contributed by atoms with E-state index < -0.39 is 5.60 Å². The van der Waals surface area contributed by atoms with Gasteiger partial charge in [0.25, 0.3) is 0 Å². The summed E-state index contributed by atoms with van der Waals surface area (Å²) in [5.41, 5.74) is 1.47. The quantitative estimate of drug-likeness (QED) is 0.776. The fourth-order valence-electron chi connectivity index (χ4n) is 4.88. The maximum atomic E-state index is 13.3. The third-order valence-corrected chi connectivity index (χ3v) is 6.16. The van der Waals surface area contributed by atoms with Crippen molar-refractivity contribution < 1.29 is 19.4 Å². The molecule has 1 aromatic carbocycles. The molecule has 1 unspecified atom stereocenters. The molecule has 0 amide bonds. The number of nitrogens with zero attached hydrogens (tertiary/aromatic N) is 2. The highest BCUT2D eigenvalue weighted by Gasteiger charge is 2.48. The molecular formula is C22H25FN2O3. The minimum atomic E-state index is -0.757. The number of pyridine rings is 1. The summed E-state index contributed by atoms with van der Waals surface area (Å²) < 4.78 is 13.3. The van der Waals surface area contributed by atoms with Crippen LogP contribution in [0.1, 0.15) is 34.5 Å². The summed E-state index contributed by atoms with van der Waals surface area (Å²) in [5.74, 6) is 0.470. The van der Waals surface area contributed by atoms with E-state index in [1.54, 1.807) is 12.1 Å². The van der Waals surface area contributed by atoms with E-state index in [9.17, 15) is 19.4 Å². The number of aliphatic hydroxyl groups is 1. The van der Waals surface area contributed by atoms with Crippen molar-refractivity contribution in [1.82, 2.24) is 9.88 Å². The normalized spacial score (nSPS) is 27.1. The molecule has 5 nitrogen and oxygen atoms in total. The lowest BCUT2D eigenvalue weighted by Gasteiger charge is -2.26. The summed E-state index contributed by atoms with van der Waals surface area (Å²) in [5, 5.41) is 20.4. The van der Waals surface area contributed by atoms with E-state index in [0.717, 1.165) is 24.2 Å². The molecule has 1 saturated carbocycles. The lowest BCUT2D eigenvalue weighted by Crippen LogP contribution is -2.34. The minimum absolute atomic E-state index is 0.0444. The van der Waals surface area contributed by atoms with Crippen molar-refractivity contribution in [2.24, 2.45) is 11.8 Å². The van der Waals surface area contributed by atoms with Crippen molar-refractivity contribution in [2.45, 2.75) is 31.8 Å². The zero-order chi connectivity index (χ0) is 19.9. The standard InChI is InChI=1S/C22H25FN2O3/c1-14-6-18(23)3-2-15(14)7-22(28)8-16-11-25(12-17(16)9-22)13-21(27)20-5-4-19(26)10-24-20/h2-6,10,16-17,26,28H,7-9,11-13H2,1H3/t16-,17+,22?. The highest BCUT2D eigenvalue weighted by Crippen LogP contribution is 2.45. The Balaban J connectivity index is 1.35. The Hall–Kier alpha value is -2.31. The van der Waals surface area contributed by atoms with Crippen LogP contribution in [-0.4, -0.2) is 51.1 Å². The molecule has 2 N–H and O–H groups in total. The van der Waals surface area contributed by atoms with Gasteiger partial charge in [0.15, 0.2) is 5.78 Å². The Morgan fingerprint density at radius 3 is 2.57 bits per heavy atom. The molecular weight excluding hydrogens is 359 g/mol. The monoisotopic (exact) mass is 384 g/mol. The summed E-state index contributed by atoms with van der Waals surface area (Å²) in [7, 11) is 0. The molecule has 0 spiro atoms. The smallest absolute Gasteiger partial charge is 0.195 e. The van der Waals surface area contributed by atoms with Crippen molar-refractivity contribution >= 4 is 5.78 Å². The summed E-state index contributed by atoms with van der Waals surface area (Å²) >= 11 is 0. The number of rotatable bonds is 5.